The van der Waals surface area contributed by atoms with E-state index in [-0.39, 0.29) is 42.0 Å². The lowest BCUT2D eigenvalue weighted by Gasteiger charge is -2.43. The van der Waals surface area contributed by atoms with E-state index in [1.165, 1.54) is 0 Å². The average Bonchev–Trinajstić information content (AvgIpc) is 2.40. The van der Waals surface area contributed by atoms with Crippen LogP contribution in [-0.2, 0) is 0 Å². The summed E-state index contributed by atoms with van der Waals surface area (Å²) in [6.07, 6.45) is 0. The van der Waals surface area contributed by atoms with Crippen LogP contribution in [0.3, 0.4) is 0 Å². The van der Waals surface area contributed by atoms with Crippen molar-refractivity contribution in [3.8, 4) is 11.5 Å². The molecule has 1 saturated heterocycles. The minimum Gasteiger partial charge on any atom is -0.508 e. The largest absolute Gasteiger partial charge is 0.508 e. The first-order chi connectivity index (χ1) is 9.43. The van der Waals surface area contributed by atoms with Crippen LogP contribution in [0.15, 0.2) is 18.2 Å². The average molecular weight is 351 g/mol. The first-order valence-electron chi connectivity index (χ1n) is 7.25. The second-order valence-electron chi connectivity index (χ2n) is 6.48. The van der Waals surface area contributed by atoms with Gasteiger partial charge in [0.2, 0.25) is 0 Å². The number of hydrogen-bond acceptors (Lipinski definition) is 4. The first kappa shape index (κ1) is 21.3. The Morgan fingerprint density at radius 3 is 2.27 bits per heavy atom. The monoisotopic (exact) mass is 350 g/mol. The molecule has 6 heteroatoms. The van der Waals surface area contributed by atoms with Crippen molar-refractivity contribution < 1.29 is 9.84 Å². The fraction of sp³-hybridized carbons (Fsp3) is 0.625. The van der Waals surface area contributed by atoms with Gasteiger partial charge in [0.25, 0.3) is 0 Å². The fourth-order valence-electron chi connectivity index (χ4n) is 3.08. The van der Waals surface area contributed by atoms with Crippen molar-refractivity contribution in [3.05, 3.63) is 23.8 Å². The van der Waals surface area contributed by atoms with Gasteiger partial charge in [-0.05, 0) is 11.5 Å². The maximum atomic E-state index is 9.66. The third-order valence-electron chi connectivity index (χ3n) is 3.85. The van der Waals surface area contributed by atoms with Gasteiger partial charge in [-0.2, -0.15) is 0 Å². The highest BCUT2D eigenvalue weighted by Gasteiger charge is 2.34. The maximum Gasteiger partial charge on any atom is 0.127 e. The van der Waals surface area contributed by atoms with E-state index >= 15 is 0 Å². The molecule has 0 aromatic heterocycles. The van der Waals surface area contributed by atoms with Crippen molar-refractivity contribution >= 4 is 24.8 Å². The number of rotatable bonds is 3. The lowest BCUT2D eigenvalue weighted by atomic mass is 9.80. The van der Waals surface area contributed by atoms with Gasteiger partial charge in [0.15, 0.2) is 0 Å². The van der Waals surface area contributed by atoms with E-state index < -0.39 is 0 Å². The number of hydrogen-bond donors (Lipinski definition) is 2. The van der Waals surface area contributed by atoms with Crippen molar-refractivity contribution in [2.24, 2.45) is 5.41 Å². The van der Waals surface area contributed by atoms with Crippen LogP contribution in [0, 0.1) is 5.41 Å². The van der Waals surface area contributed by atoms with Crippen molar-refractivity contribution in [1.82, 2.24) is 10.2 Å². The number of phenolic OH excluding ortho intramolecular Hbond substituents is 1. The van der Waals surface area contributed by atoms with Crippen molar-refractivity contribution in [3.63, 3.8) is 0 Å². The minimum atomic E-state index is 0. The smallest absolute Gasteiger partial charge is 0.127 e. The quantitative estimate of drug-likeness (QED) is 0.878. The summed E-state index contributed by atoms with van der Waals surface area (Å²) in [5.74, 6) is 1.02. The highest BCUT2D eigenvalue weighted by atomic mass is 35.5. The molecule has 1 fully saturated rings. The molecule has 0 unspecified atom stereocenters. The third-order valence-corrected chi connectivity index (χ3v) is 3.85. The predicted octanol–water partition coefficient (Wildman–Crippen LogP) is 3.24. The highest BCUT2D eigenvalue weighted by molar-refractivity contribution is 5.85. The Bertz CT molecular complexity index is 458. The van der Waals surface area contributed by atoms with Gasteiger partial charge < -0.3 is 15.2 Å². The number of phenols is 1. The van der Waals surface area contributed by atoms with Crippen molar-refractivity contribution in [2.75, 3.05) is 33.3 Å². The van der Waals surface area contributed by atoms with E-state index in [1.54, 1.807) is 19.2 Å². The zero-order valence-corrected chi connectivity index (χ0v) is 15.4. The van der Waals surface area contributed by atoms with Crippen LogP contribution in [0.4, 0.5) is 0 Å². The Hall–Kier alpha value is -0.680. The predicted molar refractivity (Wildman–Crippen MR) is 95.8 cm³/mol. The van der Waals surface area contributed by atoms with Crippen LogP contribution in [0.1, 0.15) is 32.4 Å². The number of nitrogens with one attached hydrogen (secondary N) is 1. The van der Waals surface area contributed by atoms with Gasteiger partial charge in [-0.3, -0.25) is 4.90 Å². The maximum absolute atomic E-state index is 9.66. The molecule has 0 amide bonds. The van der Waals surface area contributed by atoms with Crippen LogP contribution < -0.4 is 10.1 Å². The van der Waals surface area contributed by atoms with Crippen molar-refractivity contribution in [2.45, 2.75) is 26.8 Å². The summed E-state index contributed by atoms with van der Waals surface area (Å²) >= 11 is 0. The van der Waals surface area contributed by atoms with E-state index in [1.807, 2.05) is 6.07 Å². The molecule has 1 aliphatic rings. The van der Waals surface area contributed by atoms with Gasteiger partial charge in [0.1, 0.15) is 11.5 Å². The number of halogens is 2. The number of nitrogens with zero attached hydrogens (tertiary/aromatic N) is 1. The molecular weight excluding hydrogens is 323 g/mol. The second-order valence-corrected chi connectivity index (χ2v) is 6.48. The standard InChI is InChI=1S/C16H26N2O2.2ClH/c1-16(2,3)15(18-9-7-17-8-10-18)13-6-5-12(19)11-14(13)20-4;;/h5-6,11,15,17,19H,7-10H2,1-4H3;2*1H/t15-;;/m1../s1. The number of piperazine rings is 1. The molecule has 0 bridgehead atoms. The first-order valence-corrected chi connectivity index (χ1v) is 7.25. The molecule has 1 atom stereocenters. The minimum absolute atomic E-state index is 0. The summed E-state index contributed by atoms with van der Waals surface area (Å²) in [4.78, 5) is 2.51. The Morgan fingerprint density at radius 1 is 1.18 bits per heavy atom. The van der Waals surface area contributed by atoms with Gasteiger partial charge in [0.05, 0.1) is 7.11 Å². The fourth-order valence-corrected chi connectivity index (χ4v) is 3.08. The van der Waals surface area contributed by atoms with Gasteiger partial charge in [0, 0.05) is 43.9 Å². The lowest BCUT2D eigenvalue weighted by Crippen LogP contribution is -2.48. The summed E-state index contributed by atoms with van der Waals surface area (Å²) < 4.78 is 5.49. The van der Waals surface area contributed by atoms with Gasteiger partial charge >= 0.3 is 0 Å². The van der Waals surface area contributed by atoms with E-state index in [4.69, 9.17) is 4.74 Å². The summed E-state index contributed by atoms with van der Waals surface area (Å²) in [5.41, 5.74) is 1.25. The lowest BCUT2D eigenvalue weighted by molar-refractivity contribution is 0.0841. The van der Waals surface area contributed by atoms with Crippen LogP contribution in [-0.4, -0.2) is 43.3 Å². The van der Waals surface area contributed by atoms with Gasteiger partial charge in [-0.15, -0.1) is 24.8 Å². The van der Waals surface area contributed by atoms with Gasteiger partial charge in [-0.25, -0.2) is 0 Å². The van der Waals surface area contributed by atoms with E-state index in [0.717, 1.165) is 37.5 Å². The molecule has 4 nitrogen and oxygen atoms in total. The molecule has 1 aliphatic heterocycles. The molecule has 0 aliphatic carbocycles. The Morgan fingerprint density at radius 2 is 1.77 bits per heavy atom. The van der Waals surface area contributed by atoms with Crippen LogP contribution in [0.2, 0.25) is 0 Å². The summed E-state index contributed by atoms with van der Waals surface area (Å²) in [6.45, 7) is 10.9. The summed E-state index contributed by atoms with van der Waals surface area (Å²) in [6, 6.07) is 5.72. The highest BCUT2D eigenvalue weighted by Crippen LogP contribution is 2.42. The van der Waals surface area contributed by atoms with E-state index in [2.05, 4.69) is 31.0 Å². The van der Waals surface area contributed by atoms with Crippen molar-refractivity contribution in [1.29, 1.82) is 0 Å². The topological polar surface area (TPSA) is 44.7 Å². The van der Waals surface area contributed by atoms with Crippen LogP contribution in [0.25, 0.3) is 0 Å². The molecular formula is C16H28Cl2N2O2. The Labute approximate surface area is 146 Å². The molecule has 1 aromatic rings. The summed E-state index contributed by atoms with van der Waals surface area (Å²) in [7, 11) is 1.66. The molecule has 0 spiro atoms. The van der Waals surface area contributed by atoms with Gasteiger partial charge in [-0.1, -0.05) is 26.8 Å². The normalized spacial score (nSPS) is 17.1. The number of aromatic hydroxyl groups is 1. The second kappa shape index (κ2) is 8.82. The Balaban J connectivity index is 0.00000220. The molecule has 2 N–H and O–H groups in total. The molecule has 2 rings (SSSR count). The molecule has 0 saturated carbocycles. The number of benzene rings is 1. The van der Waals surface area contributed by atoms with E-state index in [0.29, 0.717) is 0 Å². The zero-order valence-electron chi connectivity index (χ0n) is 13.8. The molecule has 1 aromatic carbocycles. The molecule has 1 heterocycles. The molecule has 0 radical (unpaired) electrons. The SMILES string of the molecule is COc1cc(O)ccc1[C@@H](N1CCNCC1)C(C)(C)C.Cl.Cl. The molecule has 22 heavy (non-hydrogen) atoms. The zero-order chi connectivity index (χ0) is 14.8. The summed E-state index contributed by atoms with van der Waals surface area (Å²) in [5, 5.41) is 13.1. The number of methoxy groups -OCH3 is 1. The number of ether oxygens (including phenoxy) is 1. The van der Waals surface area contributed by atoms with Crippen LogP contribution in [0.5, 0.6) is 11.5 Å². The van der Waals surface area contributed by atoms with Crippen LogP contribution >= 0.6 is 24.8 Å². The Kier molecular flexibility index (Phi) is 8.55. The van der Waals surface area contributed by atoms with E-state index in [9.17, 15) is 5.11 Å². The third kappa shape index (κ3) is 4.92. The molecule has 128 valence electrons.